The number of rotatable bonds is 10. The largest absolute Gasteiger partial charge is 0.312 e. The van der Waals surface area contributed by atoms with Crippen molar-refractivity contribution < 1.29 is 4.79 Å². The molecule has 1 heterocycles. The van der Waals surface area contributed by atoms with E-state index < -0.39 is 0 Å². The Morgan fingerprint density at radius 3 is 2.52 bits per heavy atom. The van der Waals surface area contributed by atoms with Crippen molar-refractivity contribution in [2.75, 3.05) is 0 Å². The van der Waals surface area contributed by atoms with Crippen molar-refractivity contribution in [1.29, 1.82) is 0 Å². The van der Waals surface area contributed by atoms with E-state index in [4.69, 9.17) is 0 Å². The molecular weight excluding hydrogens is 334 g/mol. The number of benzene rings is 1. The van der Waals surface area contributed by atoms with Gasteiger partial charge in [-0.1, -0.05) is 38.5 Å². The maximum atomic E-state index is 12.5. The molecule has 0 amide bonds. The molecule has 0 unspecified atom stereocenters. The molecule has 0 saturated heterocycles. The fourth-order valence-electron chi connectivity index (χ4n) is 3.68. The first-order chi connectivity index (χ1) is 13.0. The van der Waals surface area contributed by atoms with Crippen LogP contribution in [0.1, 0.15) is 80.3 Å². The van der Waals surface area contributed by atoms with Crippen LogP contribution in [0.5, 0.6) is 0 Å². The lowest BCUT2D eigenvalue weighted by Gasteiger charge is -2.10. The summed E-state index contributed by atoms with van der Waals surface area (Å²) in [5.74, 6) is 3.14. The van der Waals surface area contributed by atoms with E-state index in [1.165, 1.54) is 30.4 Å². The standard InChI is InChI=1S/C23H33N3O/c1-16(2)7-5-10-22-24-25-23(26(22)20-11-12-20)14-13-21(27)15-19-9-6-8-17(3)18(19)4/h6,8-9,16,20H,5,7,10-15H2,1-4H3. The summed E-state index contributed by atoms with van der Waals surface area (Å²) in [6.07, 6.45) is 7.60. The van der Waals surface area contributed by atoms with Crippen LogP contribution in [0.3, 0.4) is 0 Å². The smallest absolute Gasteiger partial charge is 0.137 e. The zero-order valence-electron chi connectivity index (χ0n) is 17.3. The van der Waals surface area contributed by atoms with Crippen molar-refractivity contribution in [3.8, 4) is 0 Å². The van der Waals surface area contributed by atoms with Crippen molar-refractivity contribution in [2.45, 2.75) is 85.1 Å². The maximum Gasteiger partial charge on any atom is 0.137 e. The van der Waals surface area contributed by atoms with Gasteiger partial charge in [0.25, 0.3) is 0 Å². The number of ketones is 1. The minimum absolute atomic E-state index is 0.287. The molecule has 1 aromatic heterocycles. The highest BCUT2D eigenvalue weighted by atomic mass is 16.1. The molecule has 3 rings (SSSR count). The average molecular weight is 368 g/mol. The van der Waals surface area contributed by atoms with Crippen molar-refractivity contribution in [1.82, 2.24) is 14.8 Å². The molecule has 1 aliphatic rings. The number of aryl methyl sites for hydroxylation is 3. The highest BCUT2D eigenvalue weighted by Crippen LogP contribution is 2.37. The van der Waals surface area contributed by atoms with Crippen molar-refractivity contribution in [3.63, 3.8) is 0 Å². The predicted octanol–water partition coefficient (Wildman–Crippen LogP) is 4.95. The second kappa shape index (κ2) is 8.81. The SMILES string of the molecule is Cc1cccc(CC(=O)CCc2nnc(CCCC(C)C)n2C2CC2)c1C. The number of nitrogens with zero attached hydrogens (tertiary/aromatic N) is 3. The van der Waals surface area contributed by atoms with Gasteiger partial charge in [0.1, 0.15) is 17.4 Å². The lowest BCUT2D eigenvalue weighted by molar-refractivity contribution is -0.118. The first-order valence-corrected chi connectivity index (χ1v) is 10.4. The number of Topliss-reactive ketones (excluding diaryl/α,β-unsaturated/α-hetero) is 1. The van der Waals surface area contributed by atoms with Gasteiger partial charge in [-0.25, -0.2) is 0 Å². The summed E-state index contributed by atoms with van der Waals surface area (Å²) in [6, 6.07) is 6.78. The molecule has 1 aromatic carbocycles. The molecular formula is C23H33N3O. The first-order valence-electron chi connectivity index (χ1n) is 10.4. The molecule has 146 valence electrons. The summed E-state index contributed by atoms with van der Waals surface area (Å²) >= 11 is 0. The minimum atomic E-state index is 0.287. The van der Waals surface area contributed by atoms with Gasteiger partial charge in [-0.2, -0.15) is 0 Å². The molecule has 1 fully saturated rings. The molecule has 1 aliphatic carbocycles. The number of aromatic nitrogens is 3. The normalized spacial score (nSPS) is 14.1. The summed E-state index contributed by atoms with van der Waals surface area (Å²) in [5.41, 5.74) is 3.64. The van der Waals surface area contributed by atoms with E-state index in [1.54, 1.807) is 0 Å². The highest BCUT2D eigenvalue weighted by Gasteiger charge is 2.29. The minimum Gasteiger partial charge on any atom is -0.312 e. The zero-order valence-corrected chi connectivity index (χ0v) is 17.3. The van der Waals surface area contributed by atoms with E-state index in [9.17, 15) is 4.79 Å². The molecule has 1 saturated carbocycles. The quantitative estimate of drug-likeness (QED) is 0.597. The molecule has 0 atom stereocenters. The van der Waals surface area contributed by atoms with Crippen LogP contribution in [-0.2, 0) is 24.1 Å². The first kappa shape index (κ1) is 19.8. The van der Waals surface area contributed by atoms with Gasteiger partial charge in [-0.05, 0) is 55.7 Å². The third kappa shape index (κ3) is 5.27. The zero-order chi connectivity index (χ0) is 19.4. The number of carbonyl (C=O) groups excluding carboxylic acids is 1. The molecule has 4 heteroatoms. The van der Waals surface area contributed by atoms with Crippen LogP contribution in [0, 0.1) is 19.8 Å². The van der Waals surface area contributed by atoms with Crippen LogP contribution < -0.4 is 0 Å². The van der Waals surface area contributed by atoms with E-state index in [1.807, 2.05) is 6.07 Å². The topological polar surface area (TPSA) is 47.8 Å². The Hall–Kier alpha value is -1.97. The number of hydrogen-bond acceptors (Lipinski definition) is 3. The summed E-state index contributed by atoms with van der Waals surface area (Å²) in [5, 5.41) is 8.91. The van der Waals surface area contributed by atoms with E-state index in [0.29, 0.717) is 25.3 Å². The molecule has 0 aliphatic heterocycles. The fourth-order valence-corrected chi connectivity index (χ4v) is 3.68. The van der Waals surface area contributed by atoms with Gasteiger partial charge in [-0.15, -0.1) is 10.2 Å². The van der Waals surface area contributed by atoms with Crippen molar-refractivity contribution in [3.05, 3.63) is 46.5 Å². The van der Waals surface area contributed by atoms with Gasteiger partial charge in [0.05, 0.1) is 0 Å². The third-order valence-corrected chi connectivity index (χ3v) is 5.66. The summed E-state index contributed by atoms with van der Waals surface area (Å²) in [7, 11) is 0. The molecule has 2 aromatic rings. The fraction of sp³-hybridized carbons (Fsp3) is 0.609. The Bertz CT molecular complexity index is 787. The average Bonchev–Trinajstić information content (AvgIpc) is 3.38. The monoisotopic (exact) mass is 367 g/mol. The van der Waals surface area contributed by atoms with Crippen LogP contribution >= 0.6 is 0 Å². The summed E-state index contributed by atoms with van der Waals surface area (Å²) in [4.78, 5) is 12.5. The lowest BCUT2D eigenvalue weighted by atomic mass is 9.98. The molecule has 0 radical (unpaired) electrons. The Morgan fingerprint density at radius 2 is 1.85 bits per heavy atom. The van der Waals surface area contributed by atoms with Crippen LogP contribution in [-0.4, -0.2) is 20.5 Å². The van der Waals surface area contributed by atoms with Crippen LogP contribution in [0.2, 0.25) is 0 Å². The second-order valence-electron chi connectivity index (χ2n) is 8.49. The Balaban J connectivity index is 1.59. The molecule has 0 N–H and O–H groups in total. The Morgan fingerprint density at radius 1 is 1.15 bits per heavy atom. The molecule has 27 heavy (non-hydrogen) atoms. The Labute approximate surface area is 163 Å². The van der Waals surface area contributed by atoms with Gasteiger partial charge >= 0.3 is 0 Å². The van der Waals surface area contributed by atoms with Gasteiger partial charge in [0.2, 0.25) is 0 Å². The third-order valence-electron chi connectivity index (χ3n) is 5.66. The van der Waals surface area contributed by atoms with Crippen molar-refractivity contribution in [2.24, 2.45) is 5.92 Å². The van der Waals surface area contributed by atoms with Gasteiger partial charge < -0.3 is 4.57 Å². The highest BCUT2D eigenvalue weighted by molar-refractivity contribution is 5.81. The van der Waals surface area contributed by atoms with Crippen molar-refractivity contribution >= 4 is 5.78 Å². The molecule has 4 nitrogen and oxygen atoms in total. The number of carbonyl (C=O) groups is 1. The van der Waals surface area contributed by atoms with Crippen LogP contribution in [0.4, 0.5) is 0 Å². The summed E-state index contributed by atoms with van der Waals surface area (Å²) in [6.45, 7) is 8.73. The van der Waals surface area contributed by atoms with Gasteiger partial charge in [-0.3, -0.25) is 4.79 Å². The lowest BCUT2D eigenvalue weighted by Crippen LogP contribution is -2.11. The van der Waals surface area contributed by atoms with Crippen LogP contribution in [0.25, 0.3) is 0 Å². The van der Waals surface area contributed by atoms with Gasteiger partial charge in [0, 0.05) is 31.7 Å². The van der Waals surface area contributed by atoms with E-state index in [0.717, 1.165) is 36.0 Å². The maximum absolute atomic E-state index is 12.5. The molecule has 0 bridgehead atoms. The number of hydrogen-bond donors (Lipinski definition) is 0. The van der Waals surface area contributed by atoms with Crippen LogP contribution in [0.15, 0.2) is 18.2 Å². The predicted molar refractivity (Wildman–Crippen MR) is 109 cm³/mol. The van der Waals surface area contributed by atoms with Gasteiger partial charge in [0.15, 0.2) is 0 Å². The van der Waals surface area contributed by atoms with E-state index >= 15 is 0 Å². The molecule has 0 spiro atoms. The van der Waals surface area contributed by atoms with E-state index in [-0.39, 0.29) is 5.78 Å². The van der Waals surface area contributed by atoms with E-state index in [2.05, 4.69) is 54.6 Å². The second-order valence-corrected chi connectivity index (χ2v) is 8.49. The Kier molecular flexibility index (Phi) is 6.46. The summed E-state index contributed by atoms with van der Waals surface area (Å²) < 4.78 is 2.34.